The first-order valence-corrected chi connectivity index (χ1v) is 11.6. The molecular formula is C26H24Cl2N2O2. The Morgan fingerprint density at radius 1 is 0.906 bits per heavy atom. The van der Waals surface area contributed by atoms with Crippen molar-refractivity contribution in [1.82, 2.24) is 0 Å². The summed E-state index contributed by atoms with van der Waals surface area (Å²) in [6.07, 6.45) is 3.02. The number of aliphatic hydroxyl groups is 1. The van der Waals surface area contributed by atoms with Gasteiger partial charge in [0.1, 0.15) is 0 Å². The number of benzene rings is 3. The van der Waals surface area contributed by atoms with Crippen LogP contribution in [0.2, 0.25) is 10.0 Å². The van der Waals surface area contributed by atoms with Gasteiger partial charge < -0.3 is 5.11 Å². The van der Waals surface area contributed by atoms with Crippen LogP contribution in [0.4, 0.5) is 16.2 Å². The molecule has 0 radical (unpaired) electrons. The van der Waals surface area contributed by atoms with Gasteiger partial charge in [-0.1, -0.05) is 59.5 Å². The minimum atomic E-state index is -1.54. The van der Waals surface area contributed by atoms with Gasteiger partial charge in [0.05, 0.1) is 6.04 Å². The van der Waals surface area contributed by atoms with Crippen LogP contribution in [0.15, 0.2) is 72.8 Å². The number of hydrogen-bond donors (Lipinski definition) is 1. The van der Waals surface area contributed by atoms with Gasteiger partial charge in [-0.25, -0.2) is 4.79 Å². The molecule has 0 spiro atoms. The third-order valence-corrected chi connectivity index (χ3v) is 7.16. The minimum absolute atomic E-state index is 0.178. The van der Waals surface area contributed by atoms with Gasteiger partial charge in [0, 0.05) is 27.0 Å². The van der Waals surface area contributed by atoms with Crippen molar-refractivity contribution < 1.29 is 9.90 Å². The van der Waals surface area contributed by atoms with E-state index in [1.165, 1.54) is 4.90 Å². The fourth-order valence-electron chi connectivity index (χ4n) is 4.92. The number of anilines is 2. The summed E-state index contributed by atoms with van der Waals surface area (Å²) in [5.41, 5.74) is 1.51. The Balaban J connectivity index is 1.74. The number of halogens is 2. The Hall–Kier alpha value is -2.53. The van der Waals surface area contributed by atoms with Crippen LogP contribution >= 0.6 is 23.2 Å². The Morgan fingerprint density at radius 2 is 1.50 bits per heavy atom. The summed E-state index contributed by atoms with van der Waals surface area (Å²) in [5.74, 6) is 0.178. The van der Waals surface area contributed by atoms with Gasteiger partial charge >= 0.3 is 6.03 Å². The van der Waals surface area contributed by atoms with Gasteiger partial charge in [-0.2, -0.15) is 0 Å². The second kappa shape index (κ2) is 8.11. The zero-order valence-electron chi connectivity index (χ0n) is 17.7. The van der Waals surface area contributed by atoms with E-state index in [-0.39, 0.29) is 11.9 Å². The lowest BCUT2D eigenvalue weighted by molar-refractivity contribution is -0.00144. The second-order valence-corrected chi connectivity index (χ2v) is 9.55. The monoisotopic (exact) mass is 466 g/mol. The summed E-state index contributed by atoms with van der Waals surface area (Å²) in [6.45, 7) is 1.99. The van der Waals surface area contributed by atoms with Crippen LogP contribution in [0.5, 0.6) is 0 Å². The Morgan fingerprint density at radius 3 is 2.03 bits per heavy atom. The molecule has 1 aliphatic heterocycles. The molecule has 6 heteroatoms. The summed E-state index contributed by atoms with van der Waals surface area (Å²) in [5, 5.41) is 13.7. The average Bonchev–Trinajstić information content (AvgIpc) is 2.96. The van der Waals surface area contributed by atoms with Gasteiger partial charge in [-0.05, 0) is 74.2 Å². The summed E-state index contributed by atoms with van der Waals surface area (Å²) >= 11 is 12.2. The van der Waals surface area contributed by atoms with Gasteiger partial charge in [-0.15, -0.1) is 0 Å². The van der Waals surface area contributed by atoms with Crippen LogP contribution in [0, 0.1) is 12.8 Å². The van der Waals surface area contributed by atoms with Gasteiger partial charge in [0.15, 0.2) is 5.72 Å². The number of aryl methyl sites for hydroxylation is 1. The molecule has 32 heavy (non-hydrogen) atoms. The quantitative estimate of drug-likeness (QED) is 0.461. The molecule has 2 amide bonds. The zero-order valence-corrected chi connectivity index (χ0v) is 19.2. The molecule has 2 atom stereocenters. The molecule has 3 aromatic carbocycles. The topological polar surface area (TPSA) is 43.8 Å². The molecule has 1 saturated carbocycles. The zero-order chi connectivity index (χ0) is 22.5. The molecule has 1 saturated heterocycles. The highest BCUT2D eigenvalue weighted by molar-refractivity contribution is 6.31. The third-order valence-electron chi connectivity index (χ3n) is 6.66. The number of nitrogens with zero attached hydrogens (tertiary/aromatic N) is 2. The molecule has 4 nitrogen and oxygen atoms in total. The maximum absolute atomic E-state index is 14.0. The Kier molecular flexibility index (Phi) is 5.40. The first-order chi connectivity index (χ1) is 15.4. The molecule has 0 bridgehead atoms. The lowest BCUT2D eigenvalue weighted by atomic mass is 9.73. The van der Waals surface area contributed by atoms with Gasteiger partial charge in [0.2, 0.25) is 0 Å². The average molecular weight is 467 g/mol. The predicted octanol–water partition coefficient (Wildman–Crippen LogP) is 6.76. The van der Waals surface area contributed by atoms with E-state index in [1.807, 2.05) is 43.3 Å². The van der Waals surface area contributed by atoms with Crippen molar-refractivity contribution in [2.45, 2.75) is 38.0 Å². The first-order valence-electron chi connectivity index (χ1n) is 10.8. The first kappa shape index (κ1) is 21.3. The number of carbonyl (C=O) groups is 1. The fraction of sp³-hybridized carbons (Fsp3) is 0.269. The third kappa shape index (κ3) is 3.38. The van der Waals surface area contributed by atoms with Crippen molar-refractivity contribution in [2.75, 3.05) is 9.80 Å². The molecule has 2 aliphatic rings. The molecule has 164 valence electrons. The molecule has 1 N–H and O–H groups in total. The highest BCUT2D eigenvalue weighted by atomic mass is 35.5. The number of carbonyl (C=O) groups excluding carboxylic acids is 1. The lowest BCUT2D eigenvalue weighted by Crippen LogP contribution is -2.54. The maximum Gasteiger partial charge on any atom is 0.332 e. The van der Waals surface area contributed by atoms with Crippen molar-refractivity contribution >= 4 is 40.6 Å². The number of rotatable bonds is 4. The van der Waals surface area contributed by atoms with E-state index < -0.39 is 11.8 Å². The summed E-state index contributed by atoms with van der Waals surface area (Å²) < 4.78 is 0. The lowest BCUT2D eigenvalue weighted by Gasteiger charge is -2.44. The largest absolute Gasteiger partial charge is 0.365 e. The molecule has 3 aromatic rings. The van der Waals surface area contributed by atoms with Crippen LogP contribution in [0.1, 0.15) is 30.4 Å². The normalized spacial score (nSPS) is 23.5. The number of hydrogen-bond acceptors (Lipinski definition) is 2. The van der Waals surface area contributed by atoms with Crippen molar-refractivity contribution in [2.24, 2.45) is 5.92 Å². The minimum Gasteiger partial charge on any atom is -0.365 e. The van der Waals surface area contributed by atoms with E-state index in [4.69, 9.17) is 23.2 Å². The van der Waals surface area contributed by atoms with Crippen LogP contribution in [0.25, 0.3) is 0 Å². The van der Waals surface area contributed by atoms with Crippen LogP contribution < -0.4 is 9.80 Å². The van der Waals surface area contributed by atoms with Crippen LogP contribution in [-0.4, -0.2) is 17.2 Å². The molecule has 1 aliphatic carbocycles. The summed E-state index contributed by atoms with van der Waals surface area (Å²) in [6, 6.07) is 21.4. The van der Waals surface area contributed by atoms with E-state index in [9.17, 15) is 9.90 Å². The Bertz CT molecular complexity index is 1150. The molecule has 5 rings (SSSR count). The molecule has 0 aromatic heterocycles. The molecular weight excluding hydrogens is 443 g/mol. The van der Waals surface area contributed by atoms with E-state index in [1.54, 1.807) is 41.3 Å². The number of amides is 2. The van der Waals surface area contributed by atoms with Crippen molar-refractivity contribution in [3.63, 3.8) is 0 Å². The standard InChI is InChI=1S/C26H24Cl2N2O2/c1-17-4-2-7-19(16-17)26(32)24(18-5-3-6-18)29(22-12-8-20(27)9-13-22)25(31)30(26)23-14-10-21(28)11-15-23/h2,4,7-16,18,24,32H,3,5-6H2,1H3/t24-,26?/m1/s1. The smallest absolute Gasteiger partial charge is 0.332 e. The highest BCUT2D eigenvalue weighted by Gasteiger charge is 2.61. The van der Waals surface area contributed by atoms with E-state index in [0.717, 1.165) is 30.5 Å². The Labute approximate surface area is 198 Å². The molecule has 1 unspecified atom stereocenters. The second-order valence-electron chi connectivity index (χ2n) is 8.67. The van der Waals surface area contributed by atoms with Crippen molar-refractivity contribution in [1.29, 1.82) is 0 Å². The van der Waals surface area contributed by atoms with Crippen LogP contribution in [-0.2, 0) is 5.72 Å². The highest BCUT2D eigenvalue weighted by Crippen LogP contribution is 2.51. The maximum atomic E-state index is 14.0. The fourth-order valence-corrected chi connectivity index (χ4v) is 5.18. The predicted molar refractivity (Wildman–Crippen MR) is 129 cm³/mol. The van der Waals surface area contributed by atoms with E-state index in [2.05, 4.69) is 0 Å². The van der Waals surface area contributed by atoms with E-state index in [0.29, 0.717) is 21.3 Å². The summed E-state index contributed by atoms with van der Waals surface area (Å²) in [4.78, 5) is 17.3. The van der Waals surface area contributed by atoms with Crippen LogP contribution in [0.3, 0.4) is 0 Å². The number of urea groups is 1. The van der Waals surface area contributed by atoms with Crippen molar-refractivity contribution in [3.05, 3.63) is 94.0 Å². The van der Waals surface area contributed by atoms with Gasteiger partial charge in [0.25, 0.3) is 0 Å². The SMILES string of the molecule is Cc1cccc(C2(O)[C@@H](C3CCC3)N(c3ccc(Cl)cc3)C(=O)N2c2ccc(Cl)cc2)c1. The van der Waals surface area contributed by atoms with E-state index >= 15 is 0 Å². The summed E-state index contributed by atoms with van der Waals surface area (Å²) in [7, 11) is 0. The molecule has 1 heterocycles. The van der Waals surface area contributed by atoms with Gasteiger partial charge in [-0.3, -0.25) is 9.80 Å². The van der Waals surface area contributed by atoms with Crippen molar-refractivity contribution in [3.8, 4) is 0 Å². The molecule has 2 fully saturated rings.